The molecule has 2 amide bonds. The molecule has 1 aromatic heterocycles. The highest BCUT2D eigenvalue weighted by Crippen LogP contribution is 2.16. The van der Waals surface area contributed by atoms with Gasteiger partial charge in [0.1, 0.15) is 0 Å². The number of urea groups is 1. The van der Waals surface area contributed by atoms with Crippen molar-refractivity contribution in [1.82, 2.24) is 10.3 Å². The van der Waals surface area contributed by atoms with Gasteiger partial charge in [0.05, 0.1) is 5.69 Å². The van der Waals surface area contributed by atoms with Gasteiger partial charge in [-0.2, -0.15) is 0 Å². The first-order chi connectivity index (χ1) is 7.59. The second kappa shape index (κ2) is 6.12. The molecule has 16 heavy (non-hydrogen) atoms. The van der Waals surface area contributed by atoms with E-state index in [9.17, 15) is 4.79 Å². The van der Waals surface area contributed by atoms with E-state index in [-0.39, 0.29) is 11.2 Å². The molecule has 0 unspecified atom stereocenters. The summed E-state index contributed by atoms with van der Waals surface area (Å²) in [6.45, 7) is 4.04. The van der Waals surface area contributed by atoms with Crippen molar-refractivity contribution < 1.29 is 4.79 Å². The second-order valence-electron chi connectivity index (χ2n) is 3.54. The van der Waals surface area contributed by atoms with Crippen LogP contribution in [-0.2, 0) is 0 Å². The Balaban J connectivity index is 2.49. The highest BCUT2D eigenvalue weighted by Gasteiger charge is 2.03. The number of carbonyl (C=O) groups excluding carboxylic acids is 1. The monoisotopic (exact) mass is 239 g/mol. The molecule has 0 aliphatic carbocycles. The number of hydrogen-bond acceptors (Lipinski definition) is 2. The maximum atomic E-state index is 11.4. The van der Waals surface area contributed by atoms with E-state index in [1.54, 1.807) is 24.5 Å². The summed E-state index contributed by atoms with van der Waals surface area (Å²) in [6, 6.07) is 3.04. The third-order valence-corrected chi connectivity index (χ3v) is 2.00. The van der Waals surface area contributed by atoms with Crippen LogP contribution >= 0.6 is 11.6 Å². The maximum Gasteiger partial charge on any atom is 0.323 e. The fraction of sp³-hybridized carbons (Fsp3) is 0.273. The summed E-state index contributed by atoms with van der Waals surface area (Å²) in [6.07, 6.45) is 5.04. The lowest BCUT2D eigenvalue weighted by molar-refractivity contribution is 0.255. The van der Waals surface area contributed by atoms with Crippen LogP contribution in [0, 0.1) is 5.92 Å². The van der Waals surface area contributed by atoms with Gasteiger partial charge in [-0.15, -0.1) is 0 Å². The molecule has 1 rings (SSSR count). The number of halogens is 1. The van der Waals surface area contributed by atoms with E-state index in [2.05, 4.69) is 15.6 Å². The first-order valence-electron chi connectivity index (χ1n) is 4.94. The second-order valence-corrected chi connectivity index (χ2v) is 3.90. The summed E-state index contributed by atoms with van der Waals surface area (Å²) >= 11 is 5.78. The van der Waals surface area contributed by atoms with Crippen LogP contribution in [0.5, 0.6) is 0 Å². The lowest BCUT2D eigenvalue weighted by Gasteiger charge is -2.05. The Bertz CT molecular complexity index is 391. The molecule has 0 bridgehead atoms. The van der Waals surface area contributed by atoms with Gasteiger partial charge in [0, 0.05) is 12.4 Å². The molecular formula is C11H14ClN3O. The van der Waals surface area contributed by atoms with Crippen LogP contribution in [0.4, 0.5) is 10.5 Å². The smallest absolute Gasteiger partial charge is 0.315 e. The minimum absolute atomic E-state index is 0.269. The van der Waals surface area contributed by atoms with E-state index in [4.69, 9.17) is 11.6 Å². The summed E-state index contributed by atoms with van der Waals surface area (Å²) in [5.41, 5.74) is 0.486. The van der Waals surface area contributed by atoms with Gasteiger partial charge in [-0.3, -0.25) is 0 Å². The Morgan fingerprint density at radius 2 is 2.31 bits per heavy atom. The van der Waals surface area contributed by atoms with Crippen LogP contribution < -0.4 is 10.6 Å². The van der Waals surface area contributed by atoms with Crippen molar-refractivity contribution in [1.29, 1.82) is 0 Å². The molecule has 2 N–H and O–H groups in total. The van der Waals surface area contributed by atoms with Crippen molar-refractivity contribution in [2.24, 2.45) is 5.92 Å². The molecule has 0 saturated carbocycles. The van der Waals surface area contributed by atoms with Gasteiger partial charge in [-0.1, -0.05) is 31.5 Å². The average Bonchev–Trinajstić information content (AvgIpc) is 2.21. The van der Waals surface area contributed by atoms with Gasteiger partial charge in [-0.05, 0) is 18.1 Å². The van der Waals surface area contributed by atoms with Gasteiger partial charge in [0.25, 0.3) is 0 Å². The van der Waals surface area contributed by atoms with Crippen LogP contribution in [0.1, 0.15) is 13.8 Å². The molecule has 0 aliphatic rings. The molecule has 1 aromatic rings. The quantitative estimate of drug-likeness (QED) is 0.797. The number of nitrogens with one attached hydrogen (secondary N) is 2. The van der Waals surface area contributed by atoms with Crippen molar-refractivity contribution in [3.63, 3.8) is 0 Å². The Hall–Kier alpha value is -1.55. The molecule has 0 saturated heterocycles. The number of amides is 2. The third kappa shape index (κ3) is 4.31. The third-order valence-electron chi connectivity index (χ3n) is 1.70. The number of aromatic nitrogens is 1. The van der Waals surface area contributed by atoms with Crippen LogP contribution in [0.25, 0.3) is 0 Å². The van der Waals surface area contributed by atoms with Crippen molar-refractivity contribution in [3.05, 3.63) is 35.8 Å². The molecule has 0 radical (unpaired) electrons. The van der Waals surface area contributed by atoms with E-state index in [0.717, 1.165) is 0 Å². The van der Waals surface area contributed by atoms with E-state index >= 15 is 0 Å². The summed E-state index contributed by atoms with van der Waals surface area (Å²) in [4.78, 5) is 15.2. The number of allylic oxidation sites excluding steroid dienone is 1. The van der Waals surface area contributed by atoms with E-state index in [1.807, 2.05) is 19.9 Å². The lowest BCUT2D eigenvalue weighted by Crippen LogP contribution is -2.24. The first kappa shape index (κ1) is 12.5. The van der Waals surface area contributed by atoms with Crippen molar-refractivity contribution in [2.75, 3.05) is 5.32 Å². The number of nitrogens with zero attached hydrogens (tertiary/aromatic N) is 1. The standard InChI is InChI=1S/C11H14ClN3O/c1-8(2)5-7-14-11(16)15-9-4-3-6-13-10(9)12/h3-8H,1-2H3,(H2,14,15,16)/b7-5+. The first-order valence-corrected chi connectivity index (χ1v) is 5.32. The van der Waals surface area contributed by atoms with Gasteiger partial charge >= 0.3 is 6.03 Å². The predicted octanol–water partition coefficient (Wildman–Crippen LogP) is 3.03. The van der Waals surface area contributed by atoms with Crippen molar-refractivity contribution >= 4 is 23.3 Å². The fourth-order valence-corrected chi connectivity index (χ4v) is 1.12. The molecule has 5 heteroatoms. The zero-order valence-electron chi connectivity index (χ0n) is 9.20. The van der Waals surface area contributed by atoms with Crippen LogP contribution in [0.3, 0.4) is 0 Å². The minimum Gasteiger partial charge on any atom is -0.315 e. The van der Waals surface area contributed by atoms with E-state index in [1.165, 1.54) is 0 Å². The van der Waals surface area contributed by atoms with Gasteiger partial charge < -0.3 is 10.6 Å². The molecule has 86 valence electrons. The van der Waals surface area contributed by atoms with Crippen LogP contribution in [-0.4, -0.2) is 11.0 Å². The summed E-state index contributed by atoms with van der Waals surface area (Å²) in [5, 5.41) is 5.43. The van der Waals surface area contributed by atoms with Crippen LogP contribution in [0.2, 0.25) is 5.15 Å². The number of anilines is 1. The molecular weight excluding hydrogens is 226 g/mol. The Morgan fingerprint density at radius 3 is 2.94 bits per heavy atom. The highest BCUT2D eigenvalue weighted by atomic mass is 35.5. The van der Waals surface area contributed by atoms with Crippen molar-refractivity contribution in [3.8, 4) is 0 Å². The summed E-state index contributed by atoms with van der Waals surface area (Å²) in [7, 11) is 0. The van der Waals surface area contributed by atoms with Crippen LogP contribution in [0.15, 0.2) is 30.6 Å². The molecule has 0 spiro atoms. The fourth-order valence-electron chi connectivity index (χ4n) is 0.954. The van der Waals surface area contributed by atoms with Gasteiger partial charge in [0.2, 0.25) is 0 Å². The molecule has 0 aliphatic heterocycles. The molecule has 0 fully saturated rings. The molecule has 1 heterocycles. The predicted molar refractivity (Wildman–Crippen MR) is 65.4 cm³/mol. The number of hydrogen-bond donors (Lipinski definition) is 2. The number of carbonyl (C=O) groups is 1. The lowest BCUT2D eigenvalue weighted by atomic mass is 10.2. The summed E-state index contributed by atoms with van der Waals surface area (Å²) < 4.78 is 0. The molecule has 0 aromatic carbocycles. The number of pyridine rings is 1. The van der Waals surface area contributed by atoms with Crippen molar-refractivity contribution in [2.45, 2.75) is 13.8 Å². The Labute approximate surface area is 99.7 Å². The normalized spacial score (nSPS) is 10.8. The molecule has 0 atom stereocenters. The zero-order valence-corrected chi connectivity index (χ0v) is 9.95. The minimum atomic E-state index is -0.341. The average molecular weight is 240 g/mol. The number of rotatable bonds is 3. The van der Waals surface area contributed by atoms with E-state index in [0.29, 0.717) is 11.6 Å². The maximum absolute atomic E-state index is 11.4. The van der Waals surface area contributed by atoms with Gasteiger partial charge in [0.15, 0.2) is 5.15 Å². The Morgan fingerprint density at radius 1 is 1.56 bits per heavy atom. The SMILES string of the molecule is CC(C)/C=C/NC(=O)Nc1cccnc1Cl. The van der Waals surface area contributed by atoms with Gasteiger partial charge in [-0.25, -0.2) is 9.78 Å². The largest absolute Gasteiger partial charge is 0.323 e. The molecule has 4 nitrogen and oxygen atoms in total. The highest BCUT2D eigenvalue weighted by molar-refractivity contribution is 6.32. The van der Waals surface area contributed by atoms with E-state index < -0.39 is 0 Å². The topological polar surface area (TPSA) is 54.0 Å². The summed E-state index contributed by atoms with van der Waals surface area (Å²) in [5.74, 6) is 0.391. The Kier molecular flexibility index (Phi) is 4.79. The zero-order chi connectivity index (χ0) is 12.0.